The largest absolute Gasteiger partial charge is 0.489 e. The van der Waals surface area contributed by atoms with Crippen molar-refractivity contribution in [3.63, 3.8) is 0 Å². The first-order chi connectivity index (χ1) is 16.7. The van der Waals surface area contributed by atoms with Gasteiger partial charge < -0.3 is 19.5 Å². The Morgan fingerprint density at radius 2 is 1.71 bits per heavy atom. The third kappa shape index (κ3) is 7.34. The van der Waals surface area contributed by atoms with Crippen LogP contribution in [0.15, 0.2) is 66.7 Å². The van der Waals surface area contributed by atoms with Gasteiger partial charge in [-0.1, -0.05) is 36.4 Å². The number of alkyl carbamates (subject to hydrolysis) is 1. The topological polar surface area (TPSA) is 97.7 Å². The summed E-state index contributed by atoms with van der Waals surface area (Å²) in [6, 6.07) is 22.0. The smallest absolute Gasteiger partial charge is 0.407 e. The minimum atomic E-state index is -0.569. The Balaban J connectivity index is 1.73. The van der Waals surface area contributed by atoms with Crippen molar-refractivity contribution in [1.82, 2.24) is 5.32 Å². The lowest BCUT2D eigenvalue weighted by Crippen LogP contribution is -2.32. The minimum absolute atomic E-state index is 0.145. The van der Waals surface area contributed by atoms with Gasteiger partial charge in [-0.15, -0.1) is 0 Å². The molecule has 0 aromatic heterocycles. The molecular weight excluding hydrogens is 444 g/mol. The van der Waals surface area contributed by atoms with Crippen molar-refractivity contribution in [2.75, 3.05) is 7.11 Å². The maximum Gasteiger partial charge on any atom is 0.407 e. The van der Waals surface area contributed by atoms with Gasteiger partial charge in [-0.2, -0.15) is 5.26 Å². The molecule has 0 fully saturated rings. The maximum atomic E-state index is 12.5. The second-order valence-corrected chi connectivity index (χ2v) is 8.85. The summed E-state index contributed by atoms with van der Waals surface area (Å²) >= 11 is 0. The van der Waals surface area contributed by atoms with E-state index >= 15 is 0 Å². The average molecular weight is 473 g/mol. The van der Waals surface area contributed by atoms with E-state index in [1.54, 1.807) is 51.1 Å². The Bertz CT molecular complexity index is 1250. The fourth-order valence-corrected chi connectivity index (χ4v) is 3.34. The standard InChI is InChI=1S/C28H28N2O5/c1-28(2,3)35-27(32)30-17-20-8-6-10-24(14-20)34-18-23-12-11-22(15-25(23)26(31)33-4)21-9-5-7-19(13-21)16-29/h5-15H,17-18H2,1-4H3,(H,30,32). The van der Waals surface area contributed by atoms with E-state index in [2.05, 4.69) is 11.4 Å². The van der Waals surface area contributed by atoms with Gasteiger partial charge in [0.2, 0.25) is 0 Å². The molecule has 0 heterocycles. The van der Waals surface area contributed by atoms with E-state index in [0.717, 1.165) is 16.7 Å². The number of esters is 1. The SMILES string of the molecule is COC(=O)c1cc(-c2cccc(C#N)c2)ccc1COc1cccc(CNC(=O)OC(C)(C)C)c1. The molecule has 0 aliphatic rings. The van der Waals surface area contributed by atoms with Crippen LogP contribution in [0.1, 0.15) is 47.8 Å². The molecule has 0 radical (unpaired) electrons. The summed E-state index contributed by atoms with van der Waals surface area (Å²) in [4.78, 5) is 24.4. The number of rotatable bonds is 7. The predicted octanol–water partition coefficient (Wildman–Crippen LogP) is 5.62. The number of nitriles is 1. The molecule has 0 saturated heterocycles. The van der Waals surface area contributed by atoms with Gasteiger partial charge in [0.15, 0.2) is 0 Å². The molecule has 3 aromatic carbocycles. The number of carbonyl (C=O) groups is 2. The van der Waals surface area contributed by atoms with E-state index in [9.17, 15) is 9.59 Å². The summed E-state index contributed by atoms with van der Waals surface area (Å²) in [5.41, 5.74) is 3.48. The van der Waals surface area contributed by atoms with Gasteiger partial charge in [-0.3, -0.25) is 0 Å². The fraction of sp³-hybridized carbons (Fsp3) is 0.250. The molecule has 0 bridgehead atoms. The van der Waals surface area contributed by atoms with E-state index < -0.39 is 17.7 Å². The molecular formula is C28H28N2O5. The highest BCUT2D eigenvalue weighted by Gasteiger charge is 2.16. The summed E-state index contributed by atoms with van der Waals surface area (Å²) in [5.74, 6) is 0.118. The third-order valence-corrected chi connectivity index (χ3v) is 4.97. The number of benzene rings is 3. The van der Waals surface area contributed by atoms with Gasteiger partial charge in [-0.05, 0) is 67.8 Å². The van der Waals surface area contributed by atoms with E-state index in [1.165, 1.54) is 7.11 Å². The van der Waals surface area contributed by atoms with Crippen LogP contribution >= 0.6 is 0 Å². The Morgan fingerprint density at radius 1 is 0.971 bits per heavy atom. The second kappa shape index (κ2) is 11.2. The van der Waals surface area contributed by atoms with Gasteiger partial charge >= 0.3 is 12.1 Å². The van der Waals surface area contributed by atoms with E-state index in [0.29, 0.717) is 22.4 Å². The summed E-state index contributed by atoms with van der Waals surface area (Å²) < 4.78 is 16.2. The first-order valence-corrected chi connectivity index (χ1v) is 11.1. The lowest BCUT2D eigenvalue weighted by atomic mass is 9.98. The van der Waals surface area contributed by atoms with Gasteiger partial charge in [0.05, 0.1) is 24.3 Å². The zero-order valence-electron chi connectivity index (χ0n) is 20.3. The molecule has 1 amide bonds. The van der Waals surface area contributed by atoms with Crippen molar-refractivity contribution in [3.8, 4) is 22.9 Å². The molecule has 7 nitrogen and oxygen atoms in total. The number of ether oxygens (including phenoxy) is 3. The monoisotopic (exact) mass is 472 g/mol. The number of hydrogen-bond acceptors (Lipinski definition) is 6. The molecule has 35 heavy (non-hydrogen) atoms. The predicted molar refractivity (Wildman–Crippen MR) is 132 cm³/mol. The van der Waals surface area contributed by atoms with Crippen LogP contribution in [0.5, 0.6) is 5.75 Å². The highest BCUT2D eigenvalue weighted by atomic mass is 16.6. The van der Waals surface area contributed by atoms with Crippen molar-refractivity contribution in [3.05, 3.63) is 89.0 Å². The highest BCUT2D eigenvalue weighted by Crippen LogP contribution is 2.25. The Labute approximate surface area is 205 Å². The van der Waals surface area contributed by atoms with Crippen molar-refractivity contribution < 1.29 is 23.8 Å². The number of carbonyl (C=O) groups excluding carboxylic acids is 2. The zero-order chi connectivity index (χ0) is 25.4. The van der Waals surface area contributed by atoms with Gasteiger partial charge in [0.25, 0.3) is 0 Å². The molecule has 0 spiro atoms. The minimum Gasteiger partial charge on any atom is -0.489 e. The van der Waals surface area contributed by atoms with Crippen molar-refractivity contribution >= 4 is 12.1 Å². The molecule has 7 heteroatoms. The third-order valence-electron chi connectivity index (χ3n) is 4.97. The number of amides is 1. The van der Waals surface area contributed by atoms with Crippen LogP contribution < -0.4 is 10.1 Å². The quantitative estimate of drug-likeness (QED) is 0.449. The van der Waals surface area contributed by atoms with Crippen LogP contribution in [0.2, 0.25) is 0 Å². The molecule has 3 rings (SSSR count). The lowest BCUT2D eigenvalue weighted by molar-refractivity contribution is 0.0522. The highest BCUT2D eigenvalue weighted by molar-refractivity contribution is 5.92. The summed E-state index contributed by atoms with van der Waals surface area (Å²) in [7, 11) is 1.33. The number of methoxy groups -OCH3 is 1. The van der Waals surface area contributed by atoms with E-state index in [4.69, 9.17) is 19.5 Å². The van der Waals surface area contributed by atoms with Crippen LogP contribution in [0.4, 0.5) is 4.79 Å². The number of nitrogens with one attached hydrogen (secondary N) is 1. The number of hydrogen-bond donors (Lipinski definition) is 1. The molecule has 0 aliphatic heterocycles. The van der Waals surface area contributed by atoms with Crippen LogP contribution in [0.25, 0.3) is 11.1 Å². The second-order valence-electron chi connectivity index (χ2n) is 8.85. The normalized spacial score (nSPS) is 10.7. The van der Waals surface area contributed by atoms with Crippen molar-refractivity contribution in [2.24, 2.45) is 0 Å². The van der Waals surface area contributed by atoms with Crippen LogP contribution in [-0.4, -0.2) is 24.8 Å². The average Bonchev–Trinajstić information content (AvgIpc) is 2.85. The first-order valence-electron chi connectivity index (χ1n) is 11.1. The molecule has 0 saturated carbocycles. The molecule has 180 valence electrons. The fourth-order valence-electron chi connectivity index (χ4n) is 3.34. The van der Waals surface area contributed by atoms with Crippen molar-refractivity contribution in [2.45, 2.75) is 39.5 Å². The van der Waals surface area contributed by atoms with E-state index in [1.807, 2.05) is 36.4 Å². The molecule has 0 unspecified atom stereocenters. The number of nitrogens with zero attached hydrogens (tertiary/aromatic N) is 1. The zero-order valence-corrected chi connectivity index (χ0v) is 20.3. The van der Waals surface area contributed by atoms with Crippen molar-refractivity contribution in [1.29, 1.82) is 5.26 Å². The van der Waals surface area contributed by atoms with E-state index in [-0.39, 0.29) is 13.2 Å². The Kier molecular flexibility index (Phi) is 8.11. The van der Waals surface area contributed by atoms with Crippen LogP contribution in [0, 0.1) is 11.3 Å². The molecule has 3 aromatic rings. The molecule has 0 atom stereocenters. The van der Waals surface area contributed by atoms with Crippen LogP contribution in [0.3, 0.4) is 0 Å². The first kappa shape index (κ1) is 25.3. The van der Waals surface area contributed by atoms with Gasteiger partial charge in [-0.25, -0.2) is 9.59 Å². The maximum absolute atomic E-state index is 12.5. The summed E-state index contributed by atoms with van der Waals surface area (Å²) in [6.45, 7) is 5.85. The molecule has 0 aliphatic carbocycles. The van der Waals surface area contributed by atoms with Crippen LogP contribution in [-0.2, 0) is 22.6 Å². The molecule has 1 N–H and O–H groups in total. The summed E-state index contributed by atoms with van der Waals surface area (Å²) in [5, 5.41) is 11.9. The lowest BCUT2D eigenvalue weighted by Gasteiger charge is -2.19. The van der Waals surface area contributed by atoms with Gasteiger partial charge in [0.1, 0.15) is 18.0 Å². The Hall–Kier alpha value is -4.31. The van der Waals surface area contributed by atoms with Gasteiger partial charge in [0, 0.05) is 12.1 Å². The Morgan fingerprint density at radius 3 is 2.43 bits per heavy atom. The summed E-state index contributed by atoms with van der Waals surface area (Å²) in [6.07, 6.45) is -0.494.